The molecule has 0 aromatic carbocycles. The van der Waals surface area contributed by atoms with Crippen LogP contribution in [0, 0.1) is 0 Å². The van der Waals surface area contributed by atoms with Crippen LogP contribution < -0.4 is 5.32 Å². The second-order valence-corrected chi connectivity index (χ2v) is 4.78. The van der Waals surface area contributed by atoms with E-state index >= 15 is 0 Å². The molecule has 1 aromatic rings. The molecular weight excluding hydrogens is 202 g/mol. The van der Waals surface area contributed by atoms with Crippen molar-refractivity contribution in [3.63, 3.8) is 0 Å². The Morgan fingerprint density at radius 3 is 3.25 bits per heavy atom. The highest BCUT2D eigenvalue weighted by atomic mass is 16.5. The van der Waals surface area contributed by atoms with Crippen LogP contribution in [-0.4, -0.2) is 23.1 Å². The van der Waals surface area contributed by atoms with Crippen LogP contribution in [0.1, 0.15) is 36.8 Å². The fourth-order valence-corrected chi connectivity index (χ4v) is 2.45. The lowest BCUT2D eigenvalue weighted by Crippen LogP contribution is -2.29. The minimum Gasteiger partial charge on any atom is -0.367 e. The monoisotopic (exact) mass is 219 g/mol. The SMILES string of the molecule is CC1(c2ncc3c(n2)CCNC3)CCCO1. The Bertz CT molecular complexity index is 399. The van der Waals surface area contributed by atoms with Crippen molar-refractivity contribution in [2.45, 2.75) is 38.3 Å². The van der Waals surface area contributed by atoms with Crippen LogP contribution >= 0.6 is 0 Å². The third-order valence-corrected chi connectivity index (χ3v) is 3.50. The van der Waals surface area contributed by atoms with Crippen molar-refractivity contribution in [2.75, 3.05) is 13.2 Å². The minimum absolute atomic E-state index is 0.250. The molecule has 1 saturated heterocycles. The molecule has 0 saturated carbocycles. The number of hydrogen-bond donors (Lipinski definition) is 1. The Morgan fingerprint density at radius 2 is 2.44 bits per heavy atom. The molecule has 3 heterocycles. The lowest BCUT2D eigenvalue weighted by atomic mass is 10.0. The zero-order valence-electron chi connectivity index (χ0n) is 9.62. The third-order valence-electron chi connectivity index (χ3n) is 3.50. The fraction of sp³-hybridized carbons (Fsp3) is 0.667. The van der Waals surface area contributed by atoms with Gasteiger partial charge in [0.2, 0.25) is 0 Å². The maximum absolute atomic E-state index is 5.78. The average Bonchev–Trinajstić information content (AvgIpc) is 2.77. The van der Waals surface area contributed by atoms with Gasteiger partial charge >= 0.3 is 0 Å². The van der Waals surface area contributed by atoms with Gasteiger partial charge in [-0.2, -0.15) is 0 Å². The van der Waals surface area contributed by atoms with Gasteiger partial charge in [-0.1, -0.05) is 0 Å². The van der Waals surface area contributed by atoms with Gasteiger partial charge in [-0.3, -0.25) is 0 Å². The summed E-state index contributed by atoms with van der Waals surface area (Å²) < 4.78 is 5.78. The zero-order valence-corrected chi connectivity index (χ0v) is 9.62. The van der Waals surface area contributed by atoms with E-state index in [1.807, 2.05) is 6.20 Å². The first-order valence-corrected chi connectivity index (χ1v) is 5.98. The molecule has 0 spiro atoms. The standard InChI is InChI=1S/C12H17N3O/c1-12(4-2-6-16-12)11-14-8-9-7-13-5-3-10(9)15-11/h8,13H,2-7H2,1H3. The molecule has 2 aliphatic heterocycles. The first-order valence-electron chi connectivity index (χ1n) is 5.98. The number of rotatable bonds is 1. The summed E-state index contributed by atoms with van der Waals surface area (Å²) in [6.07, 6.45) is 5.10. The van der Waals surface area contributed by atoms with Crippen LogP contribution in [0.25, 0.3) is 0 Å². The van der Waals surface area contributed by atoms with Gasteiger partial charge in [-0.05, 0) is 19.8 Å². The summed E-state index contributed by atoms with van der Waals surface area (Å²) in [6.45, 7) is 4.84. The van der Waals surface area contributed by atoms with E-state index in [2.05, 4.69) is 17.2 Å². The molecule has 1 aromatic heterocycles. The molecule has 16 heavy (non-hydrogen) atoms. The Kier molecular flexibility index (Phi) is 2.41. The largest absolute Gasteiger partial charge is 0.367 e. The summed E-state index contributed by atoms with van der Waals surface area (Å²) in [4.78, 5) is 9.16. The summed E-state index contributed by atoms with van der Waals surface area (Å²) in [5.41, 5.74) is 2.18. The topological polar surface area (TPSA) is 47.0 Å². The van der Waals surface area contributed by atoms with Crippen molar-refractivity contribution in [2.24, 2.45) is 0 Å². The Hall–Kier alpha value is -1.00. The first kappa shape index (κ1) is 10.2. The van der Waals surface area contributed by atoms with Crippen LogP contribution in [0.15, 0.2) is 6.20 Å². The van der Waals surface area contributed by atoms with Crippen LogP contribution in [-0.2, 0) is 23.3 Å². The number of ether oxygens (including phenoxy) is 1. The lowest BCUT2D eigenvalue weighted by molar-refractivity contribution is 0.00906. The molecule has 1 unspecified atom stereocenters. The van der Waals surface area contributed by atoms with Crippen molar-refractivity contribution in [1.82, 2.24) is 15.3 Å². The van der Waals surface area contributed by atoms with Crippen molar-refractivity contribution >= 4 is 0 Å². The fourth-order valence-electron chi connectivity index (χ4n) is 2.45. The molecule has 0 amide bonds. The Balaban J connectivity index is 1.96. The van der Waals surface area contributed by atoms with Crippen molar-refractivity contribution < 1.29 is 4.74 Å². The summed E-state index contributed by atoms with van der Waals surface area (Å²) in [7, 11) is 0. The van der Waals surface area contributed by atoms with Gasteiger partial charge in [-0.15, -0.1) is 0 Å². The van der Waals surface area contributed by atoms with Gasteiger partial charge < -0.3 is 10.1 Å². The quantitative estimate of drug-likeness (QED) is 0.769. The summed E-state index contributed by atoms with van der Waals surface area (Å²) >= 11 is 0. The molecule has 1 fully saturated rings. The molecule has 4 nitrogen and oxygen atoms in total. The van der Waals surface area contributed by atoms with E-state index in [1.165, 1.54) is 11.3 Å². The van der Waals surface area contributed by atoms with Crippen molar-refractivity contribution in [1.29, 1.82) is 0 Å². The number of fused-ring (bicyclic) bond motifs is 1. The second-order valence-electron chi connectivity index (χ2n) is 4.78. The molecule has 86 valence electrons. The third kappa shape index (κ3) is 1.62. The molecule has 0 radical (unpaired) electrons. The number of nitrogens with zero attached hydrogens (tertiary/aromatic N) is 2. The summed E-state index contributed by atoms with van der Waals surface area (Å²) in [6, 6.07) is 0. The smallest absolute Gasteiger partial charge is 0.160 e. The lowest BCUT2D eigenvalue weighted by Gasteiger charge is -2.24. The Morgan fingerprint density at radius 1 is 1.50 bits per heavy atom. The average molecular weight is 219 g/mol. The highest BCUT2D eigenvalue weighted by molar-refractivity contribution is 5.22. The predicted octanol–water partition coefficient (Wildman–Crippen LogP) is 1.15. The molecule has 0 aliphatic carbocycles. The van der Waals surface area contributed by atoms with Crippen LogP contribution in [0.4, 0.5) is 0 Å². The Labute approximate surface area is 95.4 Å². The molecule has 2 aliphatic rings. The first-order chi connectivity index (χ1) is 7.78. The maximum Gasteiger partial charge on any atom is 0.160 e. The van der Waals surface area contributed by atoms with E-state index in [0.29, 0.717) is 0 Å². The molecular formula is C12H17N3O. The molecule has 0 bridgehead atoms. The van der Waals surface area contributed by atoms with Crippen molar-refractivity contribution in [3.8, 4) is 0 Å². The second kappa shape index (κ2) is 3.79. The van der Waals surface area contributed by atoms with Gasteiger partial charge in [0, 0.05) is 43.6 Å². The van der Waals surface area contributed by atoms with Gasteiger partial charge in [-0.25, -0.2) is 9.97 Å². The van der Waals surface area contributed by atoms with Gasteiger partial charge in [0.05, 0.1) is 0 Å². The number of nitrogens with one attached hydrogen (secondary N) is 1. The van der Waals surface area contributed by atoms with Crippen LogP contribution in [0.3, 0.4) is 0 Å². The molecule has 1 atom stereocenters. The highest BCUT2D eigenvalue weighted by Gasteiger charge is 2.35. The van der Waals surface area contributed by atoms with Crippen LogP contribution in [0.5, 0.6) is 0 Å². The van der Waals surface area contributed by atoms with E-state index < -0.39 is 0 Å². The van der Waals surface area contributed by atoms with E-state index in [1.54, 1.807) is 0 Å². The zero-order chi connectivity index (χ0) is 11.0. The van der Waals surface area contributed by atoms with Crippen LogP contribution in [0.2, 0.25) is 0 Å². The van der Waals surface area contributed by atoms with Gasteiger partial charge in [0.1, 0.15) is 5.60 Å². The number of aromatic nitrogens is 2. The normalized spacial score (nSPS) is 29.1. The van der Waals surface area contributed by atoms with E-state index in [9.17, 15) is 0 Å². The van der Waals surface area contributed by atoms with Gasteiger partial charge in [0.25, 0.3) is 0 Å². The summed E-state index contributed by atoms with van der Waals surface area (Å²) in [5, 5.41) is 3.33. The summed E-state index contributed by atoms with van der Waals surface area (Å²) in [5.74, 6) is 0.866. The van der Waals surface area contributed by atoms with E-state index in [4.69, 9.17) is 9.72 Å². The van der Waals surface area contributed by atoms with E-state index in [-0.39, 0.29) is 5.60 Å². The van der Waals surface area contributed by atoms with Crippen molar-refractivity contribution in [3.05, 3.63) is 23.3 Å². The molecule has 4 heteroatoms. The van der Waals surface area contributed by atoms with E-state index in [0.717, 1.165) is 44.8 Å². The predicted molar refractivity (Wildman–Crippen MR) is 60.0 cm³/mol. The maximum atomic E-state index is 5.78. The minimum atomic E-state index is -0.250. The molecule has 1 N–H and O–H groups in total. The highest BCUT2D eigenvalue weighted by Crippen LogP contribution is 2.33. The number of hydrogen-bond acceptors (Lipinski definition) is 4. The molecule has 3 rings (SSSR count). The van der Waals surface area contributed by atoms with Gasteiger partial charge in [0.15, 0.2) is 5.82 Å².